The van der Waals surface area contributed by atoms with Crippen molar-refractivity contribution >= 4 is 38.7 Å². The van der Waals surface area contributed by atoms with Crippen LogP contribution >= 0.6 is 11.6 Å². The third-order valence-electron chi connectivity index (χ3n) is 3.37. The molecule has 0 radical (unpaired) electrons. The SMILES string of the molecule is CS(=O)(=O)c1cc(C(=O)Nc2cc(Cl)ccc2OCC(F)(F)F)cc([N+](=O)[O-])c1. The monoisotopic (exact) mass is 452 g/mol. The first kappa shape index (κ1) is 22.4. The lowest BCUT2D eigenvalue weighted by Crippen LogP contribution is -2.20. The van der Waals surface area contributed by atoms with Crippen LogP contribution < -0.4 is 10.1 Å². The number of rotatable bonds is 6. The molecule has 0 aliphatic carbocycles. The summed E-state index contributed by atoms with van der Waals surface area (Å²) >= 11 is 5.79. The van der Waals surface area contributed by atoms with Gasteiger partial charge < -0.3 is 10.1 Å². The molecule has 0 heterocycles. The number of alkyl halides is 3. The number of nitro benzene ring substituents is 1. The van der Waals surface area contributed by atoms with Gasteiger partial charge in [-0.25, -0.2) is 8.42 Å². The Morgan fingerprint density at radius 1 is 1.24 bits per heavy atom. The number of non-ortho nitro benzene ring substituents is 1. The number of hydrogen-bond acceptors (Lipinski definition) is 6. The van der Waals surface area contributed by atoms with Crippen LogP contribution in [0, 0.1) is 10.1 Å². The maximum absolute atomic E-state index is 12.5. The van der Waals surface area contributed by atoms with E-state index < -0.39 is 49.6 Å². The number of amides is 1. The molecule has 0 spiro atoms. The second kappa shape index (κ2) is 8.25. The Hall–Kier alpha value is -2.86. The third-order valence-corrected chi connectivity index (χ3v) is 4.70. The van der Waals surface area contributed by atoms with Crippen molar-refractivity contribution in [2.45, 2.75) is 11.1 Å². The highest BCUT2D eigenvalue weighted by Crippen LogP contribution is 2.30. The van der Waals surface area contributed by atoms with E-state index >= 15 is 0 Å². The first-order valence-corrected chi connectivity index (χ1v) is 9.83. The van der Waals surface area contributed by atoms with Gasteiger partial charge in [0.2, 0.25) is 0 Å². The summed E-state index contributed by atoms with van der Waals surface area (Å²) in [5.74, 6) is -1.37. The van der Waals surface area contributed by atoms with Gasteiger partial charge in [0.25, 0.3) is 11.6 Å². The van der Waals surface area contributed by atoms with Gasteiger partial charge >= 0.3 is 6.18 Å². The number of nitrogens with zero attached hydrogens (tertiary/aromatic N) is 1. The maximum Gasteiger partial charge on any atom is 0.422 e. The van der Waals surface area contributed by atoms with Crippen LogP contribution in [0.2, 0.25) is 5.02 Å². The van der Waals surface area contributed by atoms with Crippen molar-refractivity contribution in [1.82, 2.24) is 0 Å². The molecular weight excluding hydrogens is 441 g/mol. The molecule has 1 N–H and O–H groups in total. The Balaban J connectivity index is 2.41. The molecule has 0 atom stereocenters. The average Bonchev–Trinajstić information content (AvgIpc) is 2.59. The van der Waals surface area contributed by atoms with Crippen LogP contribution in [-0.2, 0) is 9.84 Å². The summed E-state index contributed by atoms with van der Waals surface area (Å²) in [5.41, 5.74) is -1.29. The van der Waals surface area contributed by atoms with Crippen LogP contribution in [0.5, 0.6) is 5.75 Å². The molecule has 29 heavy (non-hydrogen) atoms. The van der Waals surface area contributed by atoms with Gasteiger partial charge in [0.15, 0.2) is 16.4 Å². The molecule has 0 saturated carbocycles. The molecule has 2 aromatic rings. The van der Waals surface area contributed by atoms with E-state index in [4.69, 9.17) is 11.6 Å². The minimum absolute atomic E-state index is 0.0653. The Morgan fingerprint density at radius 3 is 2.45 bits per heavy atom. The fourth-order valence-corrected chi connectivity index (χ4v) is 2.96. The van der Waals surface area contributed by atoms with Gasteiger partial charge in [-0.2, -0.15) is 13.2 Å². The molecule has 8 nitrogen and oxygen atoms in total. The lowest BCUT2D eigenvalue weighted by Gasteiger charge is -2.14. The lowest BCUT2D eigenvalue weighted by atomic mass is 10.2. The van der Waals surface area contributed by atoms with Gasteiger partial charge in [-0.15, -0.1) is 0 Å². The molecule has 0 aliphatic heterocycles. The van der Waals surface area contributed by atoms with E-state index in [0.29, 0.717) is 0 Å². The number of nitro groups is 1. The predicted octanol–water partition coefficient (Wildman–Crippen LogP) is 3.85. The Labute approximate surface area is 167 Å². The number of ether oxygens (including phenoxy) is 1. The van der Waals surface area contributed by atoms with Crippen LogP contribution in [0.3, 0.4) is 0 Å². The van der Waals surface area contributed by atoms with Gasteiger partial charge in [-0.1, -0.05) is 11.6 Å². The molecule has 0 bridgehead atoms. The highest BCUT2D eigenvalue weighted by Gasteiger charge is 2.29. The number of carbonyl (C=O) groups excluding carboxylic acids is 1. The van der Waals surface area contributed by atoms with E-state index in [1.165, 1.54) is 6.07 Å². The van der Waals surface area contributed by atoms with Crippen molar-refractivity contribution < 1.29 is 36.0 Å². The zero-order valence-corrected chi connectivity index (χ0v) is 16.1. The summed E-state index contributed by atoms with van der Waals surface area (Å²) in [6.07, 6.45) is -3.83. The number of sulfone groups is 1. The molecular formula is C16H12ClF3N2O6S. The second-order valence-electron chi connectivity index (χ2n) is 5.74. The van der Waals surface area contributed by atoms with Gasteiger partial charge in [0, 0.05) is 29.0 Å². The van der Waals surface area contributed by atoms with E-state index in [2.05, 4.69) is 10.1 Å². The van der Waals surface area contributed by atoms with Gasteiger partial charge in [0.05, 0.1) is 15.5 Å². The van der Waals surface area contributed by atoms with Gasteiger partial charge in [0.1, 0.15) is 5.75 Å². The average molecular weight is 453 g/mol. The van der Waals surface area contributed by atoms with E-state index in [1.807, 2.05) is 0 Å². The first-order valence-electron chi connectivity index (χ1n) is 7.56. The van der Waals surface area contributed by atoms with Crippen molar-refractivity contribution in [1.29, 1.82) is 0 Å². The lowest BCUT2D eigenvalue weighted by molar-refractivity contribution is -0.385. The topological polar surface area (TPSA) is 116 Å². The molecule has 156 valence electrons. The normalized spacial score (nSPS) is 11.8. The molecule has 1 amide bonds. The molecule has 13 heteroatoms. The van der Waals surface area contributed by atoms with Crippen molar-refractivity contribution in [3.05, 3.63) is 57.1 Å². The van der Waals surface area contributed by atoms with E-state index in [9.17, 15) is 36.5 Å². The van der Waals surface area contributed by atoms with Crippen LogP contribution in [0.25, 0.3) is 0 Å². The van der Waals surface area contributed by atoms with E-state index in [1.54, 1.807) is 0 Å². The Kier molecular flexibility index (Phi) is 6.38. The highest BCUT2D eigenvalue weighted by atomic mass is 35.5. The molecule has 2 rings (SSSR count). The molecule has 0 saturated heterocycles. The largest absolute Gasteiger partial charge is 0.482 e. The molecule has 0 aliphatic rings. The van der Waals surface area contributed by atoms with Crippen molar-refractivity contribution in [3.63, 3.8) is 0 Å². The quantitative estimate of drug-likeness (QED) is 0.525. The molecule has 0 fully saturated rings. The number of halogens is 4. The molecule has 0 unspecified atom stereocenters. The van der Waals surface area contributed by atoms with Crippen molar-refractivity contribution in [2.75, 3.05) is 18.2 Å². The number of benzene rings is 2. The summed E-state index contributed by atoms with van der Waals surface area (Å²) in [7, 11) is -3.88. The zero-order valence-electron chi connectivity index (χ0n) is 14.5. The van der Waals surface area contributed by atoms with Crippen LogP contribution in [0.4, 0.5) is 24.5 Å². The number of nitrogens with one attached hydrogen (secondary N) is 1. The van der Waals surface area contributed by atoms with E-state index in [0.717, 1.165) is 36.6 Å². The highest BCUT2D eigenvalue weighted by molar-refractivity contribution is 7.90. The van der Waals surface area contributed by atoms with Crippen LogP contribution in [0.1, 0.15) is 10.4 Å². The Bertz CT molecular complexity index is 1070. The Morgan fingerprint density at radius 2 is 1.90 bits per heavy atom. The molecule has 2 aromatic carbocycles. The van der Waals surface area contributed by atoms with Gasteiger partial charge in [-0.3, -0.25) is 14.9 Å². The minimum Gasteiger partial charge on any atom is -0.482 e. The summed E-state index contributed by atoms with van der Waals surface area (Å²) in [6, 6.07) is 5.95. The third kappa shape index (κ3) is 6.32. The smallest absolute Gasteiger partial charge is 0.422 e. The summed E-state index contributed by atoms with van der Waals surface area (Å²) in [4.78, 5) is 22.1. The number of hydrogen-bond donors (Lipinski definition) is 1. The predicted molar refractivity (Wildman–Crippen MR) is 97.2 cm³/mol. The van der Waals surface area contributed by atoms with Crippen LogP contribution in [0.15, 0.2) is 41.3 Å². The second-order valence-corrected chi connectivity index (χ2v) is 8.20. The number of anilines is 1. The number of carbonyl (C=O) groups is 1. The van der Waals surface area contributed by atoms with Crippen LogP contribution in [-0.4, -0.2) is 38.3 Å². The maximum atomic E-state index is 12.5. The summed E-state index contributed by atoms with van der Waals surface area (Å²) in [6.45, 7) is -1.63. The fourth-order valence-electron chi connectivity index (χ4n) is 2.11. The molecule has 0 aromatic heterocycles. The standard InChI is InChI=1S/C16H12ClF3N2O6S/c1-29(26,27)12-5-9(4-11(7-12)22(24)25)15(23)21-13-6-10(17)2-3-14(13)28-8-16(18,19)20/h2-7H,8H2,1H3,(H,21,23). The van der Waals surface area contributed by atoms with Crippen molar-refractivity contribution in [3.8, 4) is 5.75 Å². The minimum atomic E-state index is -4.63. The first-order chi connectivity index (χ1) is 13.3. The van der Waals surface area contributed by atoms with Gasteiger partial charge in [-0.05, 0) is 24.3 Å². The van der Waals surface area contributed by atoms with Crippen molar-refractivity contribution in [2.24, 2.45) is 0 Å². The zero-order chi connectivity index (χ0) is 22.0. The summed E-state index contributed by atoms with van der Waals surface area (Å²) < 4.78 is 65.3. The summed E-state index contributed by atoms with van der Waals surface area (Å²) in [5, 5.41) is 13.3. The fraction of sp³-hybridized carbons (Fsp3) is 0.188. The van der Waals surface area contributed by atoms with E-state index in [-0.39, 0.29) is 16.5 Å².